The maximum absolute atomic E-state index is 9.03. The van der Waals surface area contributed by atoms with Crippen LogP contribution in [-0.4, -0.2) is 42.9 Å². The molecule has 1 aromatic carbocycles. The van der Waals surface area contributed by atoms with Crippen molar-refractivity contribution in [1.29, 1.82) is 0 Å². The van der Waals surface area contributed by atoms with Gasteiger partial charge in [0.25, 0.3) is 0 Å². The molecular formula is C14H19NO2. The lowest BCUT2D eigenvalue weighted by Crippen LogP contribution is -2.32. The van der Waals surface area contributed by atoms with Gasteiger partial charge in [0.1, 0.15) is 5.75 Å². The summed E-state index contributed by atoms with van der Waals surface area (Å²) in [5.41, 5.74) is 1.28. The molecule has 0 bridgehead atoms. The Labute approximate surface area is 102 Å². The van der Waals surface area contributed by atoms with Crippen LogP contribution >= 0.6 is 0 Å². The molecule has 0 aliphatic carbocycles. The Balaban J connectivity index is 2.02. The summed E-state index contributed by atoms with van der Waals surface area (Å²) in [6.07, 6.45) is 1.87. The van der Waals surface area contributed by atoms with E-state index in [1.807, 2.05) is 24.3 Å². The predicted molar refractivity (Wildman–Crippen MR) is 68.4 cm³/mol. The van der Waals surface area contributed by atoms with Crippen molar-refractivity contribution in [3.8, 4) is 5.75 Å². The van der Waals surface area contributed by atoms with Gasteiger partial charge in [-0.25, -0.2) is 0 Å². The minimum Gasteiger partial charge on any atom is -0.493 e. The SMILES string of the molecule is C=CCN(CCO)CC1COc2ccccc21. The van der Waals surface area contributed by atoms with Crippen LogP contribution in [0, 0.1) is 0 Å². The second-order valence-corrected chi connectivity index (χ2v) is 4.32. The lowest BCUT2D eigenvalue weighted by Gasteiger charge is -2.22. The van der Waals surface area contributed by atoms with Gasteiger partial charge in [0.15, 0.2) is 0 Å². The van der Waals surface area contributed by atoms with Gasteiger partial charge in [-0.2, -0.15) is 0 Å². The number of aliphatic hydroxyl groups is 1. The largest absolute Gasteiger partial charge is 0.493 e. The van der Waals surface area contributed by atoms with Crippen molar-refractivity contribution in [3.05, 3.63) is 42.5 Å². The first-order valence-corrected chi connectivity index (χ1v) is 6.01. The Kier molecular flexibility index (Phi) is 4.18. The van der Waals surface area contributed by atoms with E-state index in [4.69, 9.17) is 9.84 Å². The minimum atomic E-state index is 0.184. The zero-order valence-corrected chi connectivity index (χ0v) is 10.0. The molecular weight excluding hydrogens is 214 g/mol. The van der Waals surface area contributed by atoms with E-state index in [1.165, 1.54) is 5.56 Å². The van der Waals surface area contributed by atoms with E-state index < -0.39 is 0 Å². The van der Waals surface area contributed by atoms with Gasteiger partial charge in [-0.15, -0.1) is 6.58 Å². The second kappa shape index (κ2) is 5.84. The molecule has 3 nitrogen and oxygen atoms in total. The molecule has 17 heavy (non-hydrogen) atoms. The number of rotatable bonds is 6. The number of ether oxygens (including phenoxy) is 1. The average Bonchev–Trinajstić information content (AvgIpc) is 2.74. The van der Waals surface area contributed by atoms with Crippen LogP contribution in [0.2, 0.25) is 0 Å². The first kappa shape index (κ1) is 12.1. The van der Waals surface area contributed by atoms with Crippen LogP contribution in [0.4, 0.5) is 0 Å². The second-order valence-electron chi connectivity index (χ2n) is 4.32. The highest BCUT2D eigenvalue weighted by molar-refractivity contribution is 5.39. The number of aliphatic hydroxyl groups excluding tert-OH is 1. The molecule has 0 fully saturated rings. The lowest BCUT2D eigenvalue weighted by atomic mass is 10.0. The number of hydrogen-bond donors (Lipinski definition) is 1. The van der Waals surface area contributed by atoms with Gasteiger partial charge >= 0.3 is 0 Å². The highest BCUT2D eigenvalue weighted by Gasteiger charge is 2.25. The minimum absolute atomic E-state index is 0.184. The molecule has 1 unspecified atom stereocenters. The van der Waals surface area contributed by atoms with Gasteiger partial charge in [-0.1, -0.05) is 24.3 Å². The first-order valence-electron chi connectivity index (χ1n) is 6.01. The van der Waals surface area contributed by atoms with Crippen molar-refractivity contribution >= 4 is 0 Å². The molecule has 1 aliphatic rings. The zero-order valence-electron chi connectivity index (χ0n) is 10.0. The molecule has 0 saturated heterocycles. The quantitative estimate of drug-likeness (QED) is 0.758. The van der Waals surface area contributed by atoms with Gasteiger partial charge in [0.2, 0.25) is 0 Å². The van der Waals surface area contributed by atoms with Crippen LogP contribution < -0.4 is 4.74 Å². The molecule has 0 aromatic heterocycles. The smallest absolute Gasteiger partial charge is 0.122 e. The molecule has 1 aliphatic heterocycles. The van der Waals surface area contributed by atoms with Crippen molar-refractivity contribution in [2.75, 3.05) is 32.8 Å². The van der Waals surface area contributed by atoms with E-state index in [0.29, 0.717) is 12.5 Å². The standard InChI is InChI=1S/C14H19NO2/c1-2-7-15(8-9-16)10-12-11-17-14-6-4-3-5-13(12)14/h2-6,12,16H,1,7-11H2. The monoisotopic (exact) mass is 233 g/mol. The van der Waals surface area contributed by atoms with E-state index in [1.54, 1.807) is 0 Å². The Bertz CT molecular complexity index is 378. The molecule has 3 heteroatoms. The Hall–Kier alpha value is -1.32. The number of para-hydroxylation sites is 1. The first-order chi connectivity index (χ1) is 8.35. The molecule has 0 radical (unpaired) electrons. The average molecular weight is 233 g/mol. The summed E-state index contributed by atoms with van der Waals surface area (Å²) in [5, 5.41) is 9.03. The number of fused-ring (bicyclic) bond motifs is 1. The zero-order chi connectivity index (χ0) is 12.1. The van der Waals surface area contributed by atoms with E-state index >= 15 is 0 Å². The van der Waals surface area contributed by atoms with Gasteiger partial charge in [0.05, 0.1) is 13.2 Å². The Morgan fingerprint density at radius 2 is 2.29 bits per heavy atom. The van der Waals surface area contributed by atoms with Gasteiger partial charge in [-0.05, 0) is 6.07 Å². The molecule has 1 heterocycles. The van der Waals surface area contributed by atoms with Gasteiger partial charge < -0.3 is 9.84 Å². The fourth-order valence-corrected chi connectivity index (χ4v) is 2.27. The van der Waals surface area contributed by atoms with Crippen molar-refractivity contribution in [1.82, 2.24) is 4.90 Å². The van der Waals surface area contributed by atoms with Crippen molar-refractivity contribution in [2.45, 2.75) is 5.92 Å². The summed E-state index contributed by atoms with van der Waals surface area (Å²) < 4.78 is 5.65. The fraction of sp³-hybridized carbons (Fsp3) is 0.429. The summed E-state index contributed by atoms with van der Waals surface area (Å²) in [5.74, 6) is 1.40. The molecule has 1 N–H and O–H groups in total. The van der Waals surface area contributed by atoms with Crippen LogP contribution in [0.5, 0.6) is 5.75 Å². The maximum atomic E-state index is 9.03. The number of nitrogens with zero attached hydrogens (tertiary/aromatic N) is 1. The summed E-state index contributed by atoms with van der Waals surface area (Å²) in [7, 11) is 0. The highest BCUT2D eigenvalue weighted by atomic mass is 16.5. The van der Waals surface area contributed by atoms with Crippen molar-refractivity contribution in [2.24, 2.45) is 0 Å². The van der Waals surface area contributed by atoms with E-state index in [9.17, 15) is 0 Å². The normalized spacial score (nSPS) is 17.9. The van der Waals surface area contributed by atoms with Crippen LogP contribution in [-0.2, 0) is 0 Å². The van der Waals surface area contributed by atoms with Gasteiger partial charge in [0, 0.05) is 31.1 Å². The van der Waals surface area contributed by atoms with E-state index in [2.05, 4.69) is 17.5 Å². The summed E-state index contributed by atoms with van der Waals surface area (Å²) in [6, 6.07) is 8.18. The number of hydrogen-bond acceptors (Lipinski definition) is 3. The van der Waals surface area contributed by atoms with Crippen LogP contribution in [0.3, 0.4) is 0 Å². The lowest BCUT2D eigenvalue weighted by molar-refractivity contribution is 0.192. The molecule has 0 amide bonds. The number of benzene rings is 1. The van der Waals surface area contributed by atoms with E-state index in [-0.39, 0.29) is 6.61 Å². The van der Waals surface area contributed by atoms with Crippen LogP contribution in [0.1, 0.15) is 11.5 Å². The summed E-state index contributed by atoms with van der Waals surface area (Å²) in [6.45, 7) is 7.06. The third-order valence-electron chi connectivity index (χ3n) is 3.08. The van der Waals surface area contributed by atoms with Crippen molar-refractivity contribution in [3.63, 3.8) is 0 Å². The molecule has 2 rings (SSSR count). The molecule has 92 valence electrons. The summed E-state index contributed by atoms with van der Waals surface area (Å²) in [4.78, 5) is 2.20. The molecule has 1 aromatic rings. The van der Waals surface area contributed by atoms with Gasteiger partial charge in [-0.3, -0.25) is 4.90 Å². The Morgan fingerprint density at radius 3 is 3.06 bits per heavy atom. The van der Waals surface area contributed by atoms with Crippen molar-refractivity contribution < 1.29 is 9.84 Å². The third-order valence-corrected chi connectivity index (χ3v) is 3.08. The molecule has 0 saturated carbocycles. The third kappa shape index (κ3) is 2.87. The molecule has 0 spiro atoms. The topological polar surface area (TPSA) is 32.7 Å². The van der Waals surface area contributed by atoms with Crippen LogP contribution in [0.25, 0.3) is 0 Å². The van der Waals surface area contributed by atoms with E-state index in [0.717, 1.165) is 25.4 Å². The summed E-state index contributed by atoms with van der Waals surface area (Å²) >= 11 is 0. The maximum Gasteiger partial charge on any atom is 0.122 e. The Morgan fingerprint density at radius 1 is 1.47 bits per heavy atom. The molecule has 1 atom stereocenters. The fourth-order valence-electron chi connectivity index (χ4n) is 2.27. The van der Waals surface area contributed by atoms with Crippen LogP contribution in [0.15, 0.2) is 36.9 Å². The highest BCUT2D eigenvalue weighted by Crippen LogP contribution is 2.33. The predicted octanol–water partition coefficient (Wildman–Crippen LogP) is 1.64.